The lowest BCUT2D eigenvalue weighted by Gasteiger charge is -2.04. The third-order valence-corrected chi connectivity index (χ3v) is 2.82. The molecule has 0 aliphatic rings. The van der Waals surface area contributed by atoms with Crippen molar-refractivity contribution in [3.63, 3.8) is 0 Å². The molecule has 0 unspecified atom stereocenters. The molecule has 5 heteroatoms. The van der Waals surface area contributed by atoms with Gasteiger partial charge in [0.1, 0.15) is 0 Å². The lowest BCUT2D eigenvalue weighted by atomic mass is 10.1. The molecule has 5 nitrogen and oxygen atoms in total. The number of H-pyrrole nitrogens is 1. The van der Waals surface area contributed by atoms with E-state index in [0.717, 1.165) is 17.6 Å². The zero-order chi connectivity index (χ0) is 12.3. The number of amides is 2. The maximum Gasteiger partial charge on any atom is 0.328 e. The van der Waals surface area contributed by atoms with Crippen molar-refractivity contribution in [2.24, 2.45) is 5.84 Å². The number of carbonyl (C=O) groups is 1. The highest BCUT2D eigenvalue weighted by Crippen LogP contribution is 2.21. The molecule has 0 bridgehead atoms. The maximum absolute atomic E-state index is 10.9. The SMILES string of the molecule is Cc1[nH]c2ccccc2c1CCNC(=O)NN. The van der Waals surface area contributed by atoms with Crippen molar-refractivity contribution in [2.75, 3.05) is 6.54 Å². The number of hydrogen-bond donors (Lipinski definition) is 4. The van der Waals surface area contributed by atoms with Crippen molar-refractivity contribution in [3.8, 4) is 0 Å². The summed E-state index contributed by atoms with van der Waals surface area (Å²) in [6.07, 6.45) is 0.781. The minimum Gasteiger partial charge on any atom is -0.358 e. The van der Waals surface area contributed by atoms with Crippen LogP contribution >= 0.6 is 0 Å². The van der Waals surface area contributed by atoms with Gasteiger partial charge in [-0.05, 0) is 25.0 Å². The highest BCUT2D eigenvalue weighted by molar-refractivity contribution is 5.84. The summed E-state index contributed by atoms with van der Waals surface area (Å²) in [5, 5.41) is 3.88. The molecule has 90 valence electrons. The summed E-state index contributed by atoms with van der Waals surface area (Å²) in [7, 11) is 0. The number of para-hydroxylation sites is 1. The van der Waals surface area contributed by atoms with Crippen LogP contribution in [0.1, 0.15) is 11.3 Å². The number of nitrogens with two attached hydrogens (primary N) is 1. The first-order chi connectivity index (χ1) is 8.22. The number of aromatic amines is 1. The normalized spacial score (nSPS) is 10.5. The summed E-state index contributed by atoms with van der Waals surface area (Å²) < 4.78 is 0. The highest BCUT2D eigenvalue weighted by atomic mass is 16.2. The fourth-order valence-corrected chi connectivity index (χ4v) is 2.01. The Hall–Kier alpha value is -2.01. The summed E-state index contributed by atoms with van der Waals surface area (Å²) >= 11 is 0. The molecule has 0 radical (unpaired) electrons. The average Bonchev–Trinajstić information content (AvgIpc) is 2.66. The van der Waals surface area contributed by atoms with E-state index in [-0.39, 0.29) is 6.03 Å². The molecule has 2 amide bonds. The molecule has 2 rings (SSSR count). The van der Waals surface area contributed by atoms with Crippen molar-refractivity contribution >= 4 is 16.9 Å². The molecule has 5 N–H and O–H groups in total. The summed E-state index contributed by atoms with van der Waals surface area (Å²) in [5.41, 5.74) is 5.54. The van der Waals surface area contributed by atoms with Gasteiger partial charge in [-0.25, -0.2) is 10.6 Å². The smallest absolute Gasteiger partial charge is 0.328 e. The van der Waals surface area contributed by atoms with Gasteiger partial charge in [-0.15, -0.1) is 0 Å². The van der Waals surface area contributed by atoms with Crippen molar-refractivity contribution in [3.05, 3.63) is 35.5 Å². The molecule has 17 heavy (non-hydrogen) atoms. The number of hydrazine groups is 1. The van der Waals surface area contributed by atoms with E-state index in [2.05, 4.69) is 16.4 Å². The Morgan fingerprint density at radius 2 is 2.18 bits per heavy atom. The quantitative estimate of drug-likeness (QED) is 0.364. The molecule has 0 saturated carbocycles. The number of rotatable bonds is 3. The number of aryl methyl sites for hydroxylation is 1. The first-order valence-corrected chi connectivity index (χ1v) is 5.53. The zero-order valence-electron chi connectivity index (χ0n) is 9.71. The highest BCUT2D eigenvalue weighted by Gasteiger charge is 2.07. The van der Waals surface area contributed by atoms with Crippen LogP contribution in [-0.2, 0) is 6.42 Å². The molecule has 1 heterocycles. The predicted molar refractivity (Wildman–Crippen MR) is 67.5 cm³/mol. The molecule has 2 aromatic rings. The molecule has 0 aliphatic carbocycles. The fourth-order valence-electron chi connectivity index (χ4n) is 2.01. The number of hydrogen-bond acceptors (Lipinski definition) is 2. The van der Waals surface area contributed by atoms with Crippen molar-refractivity contribution in [1.82, 2.24) is 15.7 Å². The van der Waals surface area contributed by atoms with Crippen LogP contribution in [0.25, 0.3) is 10.9 Å². The molecular weight excluding hydrogens is 216 g/mol. The lowest BCUT2D eigenvalue weighted by molar-refractivity contribution is 0.241. The summed E-state index contributed by atoms with van der Waals surface area (Å²) in [6, 6.07) is 7.78. The topological polar surface area (TPSA) is 82.9 Å². The Morgan fingerprint density at radius 1 is 1.41 bits per heavy atom. The fraction of sp³-hybridized carbons (Fsp3) is 0.250. The molecule has 0 fully saturated rings. The second-order valence-corrected chi connectivity index (χ2v) is 3.92. The van der Waals surface area contributed by atoms with E-state index in [1.54, 1.807) is 0 Å². The molecule has 0 saturated heterocycles. The lowest BCUT2D eigenvalue weighted by Crippen LogP contribution is -2.40. The maximum atomic E-state index is 10.9. The molecule has 0 atom stereocenters. The van der Waals surface area contributed by atoms with Gasteiger partial charge >= 0.3 is 6.03 Å². The third-order valence-electron chi connectivity index (χ3n) is 2.82. The van der Waals surface area contributed by atoms with Gasteiger partial charge in [-0.3, -0.25) is 5.43 Å². The van der Waals surface area contributed by atoms with E-state index >= 15 is 0 Å². The number of urea groups is 1. The number of aromatic nitrogens is 1. The largest absolute Gasteiger partial charge is 0.358 e. The second-order valence-electron chi connectivity index (χ2n) is 3.92. The monoisotopic (exact) mass is 232 g/mol. The minimum absolute atomic E-state index is 0.359. The Balaban J connectivity index is 2.12. The van der Waals surface area contributed by atoms with Gasteiger partial charge in [0.05, 0.1) is 0 Å². The number of nitrogens with one attached hydrogen (secondary N) is 3. The Labute approximate surface area is 99.4 Å². The van der Waals surface area contributed by atoms with E-state index in [0.29, 0.717) is 6.54 Å². The number of fused-ring (bicyclic) bond motifs is 1. The van der Waals surface area contributed by atoms with Crippen LogP contribution < -0.4 is 16.6 Å². The predicted octanol–water partition coefficient (Wildman–Crippen LogP) is 1.19. The van der Waals surface area contributed by atoms with Crippen molar-refractivity contribution in [1.29, 1.82) is 0 Å². The zero-order valence-corrected chi connectivity index (χ0v) is 9.71. The third kappa shape index (κ3) is 2.39. The van der Waals surface area contributed by atoms with Crippen LogP contribution in [-0.4, -0.2) is 17.6 Å². The summed E-state index contributed by atoms with van der Waals surface area (Å²) in [6.45, 7) is 2.60. The summed E-state index contributed by atoms with van der Waals surface area (Å²) in [4.78, 5) is 14.3. The Morgan fingerprint density at radius 3 is 2.94 bits per heavy atom. The van der Waals surface area contributed by atoms with E-state index < -0.39 is 0 Å². The Kier molecular flexibility index (Phi) is 3.30. The number of benzene rings is 1. The standard InChI is InChI=1S/C12H16N4O/c1-8-9(6-7-14-12(17)16-13)10-4-2-3-5-11(10)15-8/h2-5,15H,6-7,13H2,1H3,(H2,14,16,17). The molecule has 1 aromatic heterocycles. The van der Waals surface area contributed by atoms with Gasteiger partial charge in [-0.2, -0.15) is 0 Å². The van der Waals surface area contributed by atoms with E-state index in [4.69, 9.17) is 5.84 Å². The van der Waals surface area contributed by atoms with Crippen LogP contribution in [0.3, 0.4) is 0 Å². The first kappa shape index (κ1) is 11.5. The van der Waals surface area contributed by atoms with E-state index in [9.17, 15) is 4.79 Å². The average molecular weight is 232 g/mol. The Bertz CT molecular complexity index is 532. The van der Waals surface area contributed by atoms with Gasteiger partial charge in [0.15, 0.2) is 0 Å². The summed E-state index contributed by atoms with van der Waals surface area (Å²) in [5.74, 6) is 4.98. The van der Waals surface area contributed by atoms with E-state index in [1.165, 1.54) is 10.9 Å². The van der Waals surface area contributed by atoms with Crippen LogP contribution in [0.2, 0.25) is 0 Å². The second kappa shape index (κ2) is 4.88. The van der Waals surface area contributed by atoms with Gasteiger partial charge in [-0.1, -0.05) is 18.2 Å². The van der Waals surface area contributed by atoms with Crippen molar-refractivity contribution < 1.29 is 4.79 Å². The van der Waals surface area contributed by atoms with Crippen LogP contribution in [0, 0.1) is 6.92 Å². The van der Waals surface area contributed by atoms with Crippen molar-refractivity contribution in [2.45, 2.75) is 13.3 Å². The van der Waals surface area contributed by atoms with Crippen LogP contribution in [0.15, 0.2) is 24.3 Å². The first-order valence-electron chi connectivity index (χ1n) is 5.53. The van der Waals surface area contributed by atoms with Gasteiger partial charge in [0.2, 0.25) is 0 Å². The van der Waals surface area contributed by atoms with E-state index in [1.807, 2.05) is 30.5 Å². The molecule has 1 aromatic carbocycles. The van der Waals surface area contributed by atoms with Gasteiger partial charge in [0, 0.05) is 23.1 Å². The van der Waals surface area contributed by atoms with Crippen LogP contribution in [0.4, 0.5) is 4.79 Å². The molecule has 0 spiro atoms. The minimum atomic E-state index is -0.359. The molecule has 0 aliphatic heterocycles. The van der Waals surface area contributed by atoms with Gasteiger partial charge in [0.25, 0.3) is 0 Å². The molecular formula is C12H16N4O. The van der Waals surface area contributed by atoms with Gasteiger partial charge < -0.3 is 10.3 Å². The number of carbonyl (C=O) groups excluding carboxylic acids is 1. The van der Waals surface area contributed by atoms with Crippen LogP contribution in [0.5, 0.6) is 0 Å².